The summed E-state index contributed by atoms with van der Waals surface area (Å²) < 4.78 is 0. The highest BCUT2D eigenvalue weighted by atomic mass is 16.4. The third-order valence-electron chi connectivity index (χ3n) is 5.58. The van der Waals surface area contributed by atoms with Crippen molar-refractivity contribution in [1.29, 1.82) is 0 Å². The zero-order chi connectivity index (χ0) is 29.7. The summed E-state index contributed by atoms with van der Waals surface area (Å²) >= 11 is 0. The molecule has 0 aliphatic rings. The first-order chi connectivity index (χ1) is 18.2. The number of rotatable bonds is 16. The Bertz CT molecular complexity index is 1040. The molecular weight excluding hydrogens is 512 g/mol. The summed E-state index contributed by atoms with van der Waals surface area (Å²) in [5, 5.41) is 26.2. The van der Waals surface area contributed by atoms with Crippen molar-refractivity contribution in [3.8, 4) is 5.75 Å². The van der Waals surface area contributed by atoms with Gasteiger partial charge in [0.2, 0.25) is 23.6 Å². The number of phenolic OH excluding ortho intramolecular Hbond substituents is 1. The number of amides is 4. The van der Waals surface area contributed by atoms with Crippen LogP contribution in [-0.2, 0) is 30.4 Å². The lowest BCUT2D eigenvalue weighted by molar-refractivity contribution is -0.143. The molecule has 4 amide bonds. The number of carbonyl (C=O) groups excluding carboxylic acids is 4. The second kappa shape index (κ2) is 15.8. The van der Waals surface area contributed by atoms with Gasteiger partial charge < -0.3 is 49.1 Å². The fraction of sp³-hybridized carbons (Fsp3) is 0.500. The van der Waals surface area contributed by atoms with Crippen LogP contribution in [0.5, 0.6) is 5.75 Å². The number of aromatic hydroxyl groups is 1. The minimum atomic E-state index is -1.46. The maximum atomic E-state index is 13.1. The summed E-state index contributed by atoms with van der Waals surface area (Å²) in [5.41, 5.74) is 22.2. The Morgan fingerprint density at radius 3 is 1.97 bits per heavy atom. The molecule has 4 atom stereocenters. The first kappa shape index (κ1) is 32.6. The number of aliphatic imine (C=N–C) groups is 1. The van der Waals surface area contributed by atoms with Crippen LogP contribution in [0.15, 0.2) is 29.3 Å². The standard InChI is InChI=1S/C24H38N8O7/c1-12(2)19(23(38)39)32-22(37)16(10-13-5-7-14(33)8-6-13)31-21(36)17(11-18(26)34)30-20(35)15(25)4-3-9-29-24(27)28/h5-8,12,15-17,19,33H,3-4,9-11,25H2,1-2H3,(H2,26,34)(H,30,35)(H,31,36)(H,32,37)(H,38,39)(H4,27,28,29). The smallest absolute Gasteiger partial charge is 0.326 e. The largest absolute Gasteiger partial charge is 0.508 e. The van der Waals surface area contributed by atoms with Crippen LogP contribution in [0.4, 0.5) is 0 Å². The van der Waals surface area contributed by atoms with E-state index in [-0.39, 0.29) is 31.1 Å². The van der Waals surface area contributed by atoms with Crippen LogP contribution in [0.25, 0.3) is 0 Å². The van der Waals surface area contributed by atoms with E-state index in [0.29, 0.717) is 12.0 Å². The van der Waals surface area contributed by atoms with Gasteiger partial charge in [-0.2, -0.15) is 0 Å². The molecule has 0 fully saturated rings. The molecule has 1 aromatic carbocycles. The maximum Gasteiger partial charge on any atom is 0.326 e. The molecule has 13 N–H and O–H groups in total. The minimum absolute atomic E-state index is 0.0200. The second-order valence-corrected chi connectivity index (χ2v) is 9.29. The van der Waals surface area contributed by atoms with Crippen molar-refractivity contribution in [2.24, 2.45) is 33.8 Å². The van der Waals surface area contributed by atoms with E-state index in [1.165, 1.54) is 24.3 Å². The molecule has 0 bridgehead atoms. The van der Waals surface area contributed by atoms with Crippen molar-refractivity contribution in [2.45, 2.75) is 63.7 Å². The number of phenols is 1. The van der Waals surface area contributed by atoms with E-state index >= 15 is 0 Å². The predicted octanol–water partition coefficient (Wildman–Crippen LogP) is -2.61. The Balaban J connectivity index is 3.08. The number of carbonyl (C=O) groups is 5. The normalized spacial score (nSPS) is 13.8. The van der Waals surface area contributed by atoms with Gasteiger partial charge in [-0.15, -0.1) is 0 Å². The van der Waals surface area contributed by atoms with Crippen molar-refractivity contribution in [1.82, 2.24) is 16.0 Å². The van der Waals surface area contributed by atoms with Gasteiger partial charge in [-0.1, -0.05) is 26.0 Å². The second-order valence-electron chi connectivity index (χ2n) is 9.29. The number of nitrogens with two attached hydrogens (primary N) is 4. The molecule has 1 rings (SSSR count). The van der Waals surface area contributed by atoms with Gasteiger partial charge in [0.05, 0.1) is 12.5 Å². The van der Waals surface area contributed by atoms with Gasteiger partial charge in [0.25, 0.3) is 0 Å². The van der Waals surface area contributed by atoms with Crippen molar-refractivity contribution >= 4 is 35.6 Å². The highest BCUT2D eigenvalue weighted by molar-refractivity contribution is 5.96. The monoisotopic (exact) mass is 550 g/mol. The Kier molecular flexibility index (Phi) is 13.2. The van der Waals surface area contributed by atoms with E-state index in [1.54, 1.807) is 13.8 Å². The molecule has 4 unspecified atom stereocenters. The van der Waals surface area contributed by atoms with E-state index in [1.807, 2.05) is 0 Å². The Morgan fingerprint density at radius 2 is 1.46 bits per heavy atom. The molecule has 0 radical (unpaired) electrons. The predicted molar refractivity (Wildman–Crippen MR) is 142 cm³/mol. The van der Waals surface area contributed by atoms with Gasteiger partial charge in [-0.05, 0) is 36.5 Å². The number of guanidine groups is 1. The van der Waals surface area contributed by atoms with Crippen LogP contribution in [-0.4, -0.2) is 76.5 Å². The highest BCUT2D eigenvalue weighted by Crippen LogP contribution is 2.12. The number of benzene rings is 1. The van der Waals surface area contributed by atoms with Gasteiger partial charge >= 0.3 is 5.97 Å². The number of hydrogen-bond donors (Lipinski definition) is 9. The van der Waals surface area contributed by atoms with Crippen LogP contribution in [0.2, 0.25) is 0 Å². The Morgan fingerprint density at radius 1 is 0.897 bits per heavy atom. The highest BCUT2D eigenvalue weighted by Gasteiger charge is 2.32. The third-order valence-corrected chi connectivity index (χ3v) is 5.58. The van der Waals surface area contributed by atoms with Crippen LogP contribution in [0.1, 0.15) is 38.7 Å². The van der Waals surface area contributed by atoms with E-state index in [0.717, 1.165) is 0 Å². The van der Waals surface area contributed by atoms with Crippen molar-refractivity contribution < 1.29 is 34.2 Å². The minimum Gasteiger partial charge on any atom is -0.508 e. The van der Waals surface area contributed by atoms with E-state index in [9.17, 15) is 34.2 Å². The van der Waals surface area contributed by atoms with Gasteiger partial charge in [-0.3, -0.25) is 24.2 Å². The topological polar surface area (TPSA) is 278 Å². The summed E-state index contributed by atoms with van der Waals surface area (Å²) in [4.78, 5) is 65.8. The molecule has 0 saturated heterocycles. The zero-order valence-electron chi connectivity index (χ0n) is 21.9. The SMILES string of the molecule is CC(C)C(NC(=O)C(Cc1ccc(O)cc1)NC(=O)C(CC(N)=O)NC(=O)C(N)CCCN=C(N)N)C(=O)O. The van der Waals surface area contributed by atoms with Gasteiger partial charge in [0.15, 0.2) is 5.96 Å². The van der Waals surface area contributed by atoms with Crippen molar-refractivity contribution in [3.05, 3.63) is 29.8 Å². The maximum absolute atomic E-state index is 13.1. The summed E-state index contributed by atoms with van der Waals surface area (Å²) in [7, 11) is 0. The summed E-state index contributed by atoms with van der Waals surface area (Å²) in [5.74, 6) is -5.22. The Labute approximate surface area is 225 Å². The number of nitrogens with zero attached hydrogens (tertiary/aromatic N) is 1. The van der Waals surface area contributed by atoms with Crippen LogP contribution in [0, 0.1) is 5.92 Å². The van der Waals surface area contributed by atoms with E-state index in [4.69, 9.17) is 22.9 Å². The molecule has 0 aliphatic heterocycles. The molecular formula is C24H38N8O7. The van der Waals surface area contributed by atoms with Gasteiger partial charge in [0, 0.05) is 13.0 Å². The first-order valence-electron chi connectivity index (χ1n) is 12.2. The fourth-order valence-electron chi connectivity index (χ4n) is 3.46. The molecule has 39 heavy (non-hydrogen) atoms. The van der Waals surface area contributed by atoms with E-state index < -0.39 is 66.1 Å². The average Bonchev–Trinajstić information content (AvgIpc) is 2.84. The van der Waals surface area contributed by atoms with Crippen molar-refractivity contribution in [3.63, 3.8) is 0 Å². The van der Waals surface area contributed by atoms with Crippen LogP contribution in [0.3, 0.4) is 0 Å². The van der Waals surface area contributed by atoms with Crippen molar-refractivity contribution in [2.75, 3.05) is 6.54 Å². The molecule has 0 heterocycles. The molecule has 0 aromatic heterocycles. The number of nitrogens with one attached hydrogen (secondary N) is 3. The quantitative estimate of drug-likeness (QED) is 0.0587. The third kappa shape index (κ3) is 12.1. The fourth-order valence-corrected chi connectivity index (χ4v) is 3.46. The number of aliphatic carboxylic acids is 1. The molecule has 0 spiro atoms. The van der Waals surface area contributed by atoms with Crippen LogP contribution < -0.4 is 38.9 Å². The summed E-state index contributed by atoms with van der Waals surface area (Å²) in [6, 6.07) is 0.731. The molecule has 1 aromatic rings. The number of hydrogen-bond acceptors (Lipinski definition) is 8. The molecule has 15 nitrogen and oxygen atoms in total. The summed E-state index contributed by atoms with van der Waals surface area (Å²) in [6.45, 7) is 3.44. The number of carboxylic acid groups (broad SMARTS) is 1. The molecule has 0 saturated carbocycles. The lowest BCUT2D eigenvalue weighted by atomic mass is 10.0. The number of primary amides is 1. The van der Waals surface area contributed by atoms with Crippen LogP contribution >= 0.6 is 0 Å². The first-order valence-corrected chi connectivity index (χ1v) is 12.2. The molecule has 216 valence electrons. The van der Waals surface area contributed by atoms with E-state index in [2.05, 4.69) is 20.9 Å². The zero-order valence-corrected chi connectivity index (χ0v) is 21.9. The lowest BCUT2D eigenvalue weighted by Gasteiger charge is -2.26. The van der Waals surface area contributed by atoms with Gasteiger partial charge in [0.1, 0.15) is 23.9 Å². The lowest BCUT2D eigenvalue weighted by Crippen LogP contribution is -2.58. The summed E-state index contributed by atoms with van der Waals surface area (Å²) in [6.07, 6.45) is -0.140. The Hall–Kier alpha value is -4.40. The molecule has 0 aliphatic carbocycles. The number of carboxylic acids is 1. The molecule has 15 heteroatoms. The van der Waals surface area contributed by atoms with Gasteiger partial charge in [-0.25, -0.2) is 4.79 Å². The average molecular weight is 551 g/mol.